The molecule has 0 saturated carbocycles. The molecule has 1 unspecified atom stereocenters. The molecule has 1 amide bonds. The maximum Gasteiger partial charge on any atom is 0.322 e. The molecule has 0 rings (SSSR count). The van der Waals surface area contributed by atoms with Crippen LogP contribution in [0.4, 0.5) is 0 Å². The molecule has 0 aliphatic rings. The van der Waals surface area contributed by atoms with Gasteiger partial charge in [0.15, 0.2) is 0 Å². The van der Waals surface area contributed by atoms with Gasteiger partial charge in [0, 0.05) is 18.0 Å². The maximum atomic E-state index is 11.2. The number of nitrogens with one attached hydrogen (secondary N) is 2. The first-order valence-corrected chi connectivity index (χ1v) is 5.26. The third kappa shape index (κ3) is 9.76. The van der Waals surface area contributed by atoms with Gasteiger partial charge in [0.25, 0.3) is 0 Å². The smallest absolute Gasteiger partial charge is 0.322 e. The fourth-order valence-electron chi connectivity index (χ4n) is 0.862. The van der Waals surface area contributed by atoms with Gasteiger partial charge in [-0.1, -0.05) is 5.11 Å². The van der Waals surface area contributed by atoms with Crippen LogP contribution in [-0.2, 0) is 14.3 Å². The number of hydrogen-bond donors (Lipinski definition) is 5. The van der Waals surface area contributed by atoms with Crippen molar-refractivity contribution >= 4 is 11.9 Å². The third-order valence-electron chi connectivity index (χ3n) is 1.80. The first-order valence-electron chi connectivity index (χ1n) is 5.26. The summed E-state index contributed by atoms with van der Waals surface area (Å²) >= 11 is 0. The number of carboxylic acids is 1. The summed E-state index contributed by atoms with van der Waals surface area (Å²) in [4.78, 5) is 24.0. The van der Waals surface area contributed by atoms with Crippen molar-refractivity contribution in [3.8, 4) is 0 Å². The minimum absolute atomic E-state index is 0.0102. The van der Waals surface area contributed by atoms with Gasteiger partial charge in [0.2, 0.25) is 12.3 Å². The average Bonchev–Trinajstić information content (AvgIpc) is 2.38. The van der Waals surface area contributed by atoms with Gasteiger partial charge < -0.3 is 26.0 Å². The number of nitrogens with zero attached hydrogens (tertiary/aromatic N) is 3. The highest BCUT2D eigenvalue weighted by Gasteiger charge is 2.13. The molecule has 2 atom stereocenters. The van der Waals surface area contributed by atoms with Gasteiger partial charge in [0.05, 0.1) is 13.2 Å². The lowest BCUT2D eigenvalue weighted by Gasteiger charge is -2.13. The monoisotopic (exact) mass is 276 g/mol. The second-order valence-electron chi connectivity index (χ2n) is 3.31. The van der Waals surface area contributed by atoms with E-state index in [-0.39, 0.29) is 26.2 Å². The van der Waals surface area contributed by atoms with Crippen molar-refractivity contribution in [1.29, 1.82) is 0 Å². The van der Waals surface area contributed by atoms with Crippen LogP contribution in [0.3, 0.4) is 0 Å². The molecule has 6 N–H and O–H groups in total. The zero-order valence-corrected chi connectivity index (χ0v) is 10.0. The molecule has 0 aromatic rings. The Morgan fingerprint density at radius 1 is 1.53 bits per heavy atom. The van der Waals surface area contributed by atoms with Crippen molar-refractivity contribution in [3.63, 3.8) is 0 Å². The van der Waals surface area contributed by atoms with Crippen LogP contribution >= 0.6 is 0 Å². The summed E-state index contributed by atoms with van der Waals surface area (Å²) in [5.74, 6) is -1.77. The normalized spacial score (nSPS) is 13.2. The van der Waals surface area contributed by atoms with E-state index in [0.29, 0.717) is 0 Å². The van der Waals surface area contributed by atoms with Gasteiger partial charge in [0.1, 0.15) is 6.04 Å². The van der Waals surface area contributed by atoms with Crippen LogP contribution < -0.4 is 16.4 Å². The highest BCUT2D eigenvalue weighted by atomic mass is 16.6. The van der Waals surface area contributed by atoms with Gasteiger partial charge in [-0.15, -0.1) is 0 Å². The fourth-order valence-corrected chi connectivity index (χ4v) is 0.862. The Bertz CT molecular complexity index is 345. The minimum Gasteiger partial charge on any atom is -0.480 e. The molecule has 11 nitrogen and oxygen atoms in total. The minimum atomic E-state index is -1.40. The number of amides is 1. The zero-order valence-electron chi connectivity index (χ0n) is 10.0. The van der Waals surface area contributed by atoms with E-state index < -0.39 is 24.3 Å². The standard InChI is InChI=1S/C8H16N6O5/c9-5(7(16)17)3-11-6(15)4-12-8(18)19-2-1-13-14-10/h5,8,12,18H,1-4,9H2,(H,11,15)(H,16,17)/t5-,8?/m0/s1. The molecule has 0 spiro atoms. The SMILES string of the molecule is [N-]=[N+]=NCCOC(O)NCC(=O)NC[C@H](N)C(=O)O. The number of aliphatic hydroxyl groups is 1. The Hall–Kier alpha value is -1.91. The highest BCUT2D eigenvalue weighted by Crippen LogP contribution is 1.83. The fraction of sp³-hybridized carbons (Fsp3) is 0.750. The predicted molar refractivity (Wildman–Crippen MR) is 62.6 cm³/mol. The van der Waals surface area contributed by atoms with E-state index >= 15 is 0 Å². The Kier molecular flexibility index (Phi) is 9.04. The highest BCUT2D eigenvalue weighted by molar-refractivity contribution is 5.79. The summed E-state index contributed by atoms with van der Waals surface area (Å²) < 4.78 is 4.74. The van der Waals surface area contributed by atoms with Crippen LogP contribution in [0, 0.1) is 0 Å². The van der Waals surface area contributed by atoms with Crippen LogP contribution in [0.5, 0.6) is 0 Å². The molecule has 0 heterocycles. The van der Waals surface area contributed by atoms with Crippen molar-refractivity contribution in [2.75, 3.05) is 26.2 Å². The molecule has 0 fully saturated rings. The number of ether oxygens (including phenoxy) is 1. The average molecular weight is 276 g/mol. The molecule has 108 valence electrons. The van der Waals surface area contributed by atoms with E-state index in [2.05, 4.69) is 20.7 Å². The van der Waals surface area contributed by atoms with Gasteiger partial charge in [-0.05, 0) is 5.53 Å². The van der Waals surface area contributed by atoms with Crippen LogP contribution in [0.25, 0.3) is 10.4 Å². The summed E-state index contributed by atoms with van der Waals surface area (Å²) in [5.41, 5.74) is 13.1. The summed E-state index contributed by atoms with van der Waals surface area (Å²) in [7, 11) is 0. The van der Waals surface area contributed by atoms with Crippen molar-refractivity contribution < 1.29 is 24.5 Å². The molecular formula is C8H16N6O5. The van der Waals surface area contributed by atoms with Gasteiger partial charge >= 0.3 is 5.97 Å². The molecule has 19 heavy (non-hydrogen) atoms. The van der Waals surface area contributed by atoms with Crippen molar-refractivity contribution in [2.45, 2.75) is 12.5 Å². The lowest BCUT2D eigenvalue weighted by molar-refractivity contribution is -0.138. The number of azide groups is 1. The van der Waals surface area contributed by atoms with Crippen molar-refractivity contribution in [1.82, 2.24) is 10.6 Å². The molecule has 0 aliphatic carbocycles. The molecule has 0 aromatic carbocycles. The number of carbonyl (C=O) groups excluding carboxylic acids is 1. The van der Waals surface area contributed by atoms with Crippen molar-refractivity contribution in [2.24, 2.45) is 10.8 Å². The van der Waals surface area contributed by atoms with Gasteiger partial charge in [-0.3, -0.25) is 14.9 Å². The third-order valence-corrected chi connectivity index (χ3v) is 1.80. The first kappa shape index (κ1) is 17.1. The Labute approximate surface area is 108 Å². The largest absolute Gasteiger partial charge is 0.480 e. The number of aliphatic carboxylic acids is 1. The number of nitrogens with two attached hydrogens (primary N) is 1. The van der Waals surface area contributed by atoms with E-state index in [4.69, 9.17) is 21.1 Å². The van der Waals surface area contributed by atoms with E-state index in [9.17, 15) is 14.7 Å². The number of carboxylic acid groups (broad SMARTS) is 1. The van der Waals surface area contributed by atoms with Crippen molar-refractivity contribution in [3.05, 3.63) is 10.4 Å². The lowest BCUT2D eigenvalue weighted by Crippen LogP contribution is -2.46. The van der Waals surface area contributed by atoms with E-state index in [0.717, 1.165) is 0 Å². The Morgan fingerprint density at radius 2 is 2.21 bits per heavy atom. The second kappa shape index (κ2) is 10.1. The maximum absolute atomic E-state index is 11.2. The predicted octanol–water partition coefficient (Wildman–Crippen LogP) is -2.29. The van der Waals surface area contributed by atoms with Gasteiger partial charge in [-0.2, -0.15) is 0 Å². The van der Waals surface area contributed by atoms with Crippen LogP contribution in [0.2, 0.25) is 0 Å². The van der Waals surface area contributed by atoms with Crippen LogP contribution in [0.15, 0.2) is 5.11 Å². The quantitative estimate of drug-likeness (QED) is 0.0976. The molecule has 0 bridgehead atoms. The summed E-state index contributed by atoms with van der Waals surface area (Å²) in [6, 6.07) is -1.19. The molecular weight excluding hydrogens is 260 g/mol. The van der Waals surface area contributed by atoms with Gasteiger partial charge in [-0.25, -0.2) is 0 Å². The van der Waals surface area contributed by atoms with E-state index in [1.165, 1.54) is 0 Å². The Morgan fingerprint density at radius 3 is 2.79 bits per heavy atom. The Balaban J connectivity index is 3.66. The lowest BCUT2D eigenvalue weighted by atomic mass is 10.3. The second-order valence-corrected chi connectivity index (χ2v) is 3.31. The molecule has 0 aliphatic heterocycles. The summed E-state index contributed by atoms with van der Waals surface area (Å²) in [5, 5.41) is 25.4. The first-order chi connectivity index (χ1) is 8.97. The topological polar surface area (TPSA) is 183 Å². The number of hydrogen-bond acceptors (Lipinski definition) is 7. The number of carbonyl (C=O) groups is 2. The van der Waals surface area contributed by atoms with E-state index in [1.54, 1.807) is 0 Å². The van der Waals surface area contributed by atoms with Crippen LogP contribution in [-0.4, -0.2) is 60.8 Å². The summed E-state index contributed by atoms with van der Waals surface area (Å²) in [6.45, 7) is -0.461. The zero-order chi connectivity index (χ0) is 14.7. The molecule has 11 heteroatoms. The van der Waals surface area contributed by atoms with E-state index in [1.807, 2.05) is 0 Å². The number of aliphatic hydroxyl groups excluding tert-OH is 1. The van der Waals surface area contributed by atoms with Crippen LogP contribution in [0.1, 0.15) is 0 Å². The summed E-state index contributed by atoms with van der Waals surface area (Å²) in [6.07, 6.45) is -1.40. The molecule has 0 radical (unpaired) electrons. The molecule has 0 saturated heterocycles. The molecule has 0 aromatic heterocycles. The number of rotatable bonds is 10.